The summed E-state index contributed by atoms with van der Waals surface area (Å²) in [7, 11) is 0. The molecule has 0 N–H and O–H groups in total. The van der Waals surface area contributed by atoms with Crippen LogP contribution in [0, 0.1) is 5.92 Å². The van der Waals surface area contributed by atoms with Crippen molar-refractivity contribution in [3.8, 4) is 11.1 Å². The quantitative estimate of drug-likeness (QED) is 0.523. The van der Waals surface area contributed by atoms with Gasteiger partial charge in [0.05, 0.1) is 12.3 Å². The lowest BCUT2D eigenvalue weighted by Crippen LogP contribution is -2.38. The van der Waals surface area contributed by atoms with E-state index in [2.05, 4.69) is 23.7 Å². The van der Waals surface area contributed by atoms with Gasteiger partial charge in [-0.05, 0) is 34.7 Å². The Hall–Kier alpha value is -3.73. The topological polar surface area (TPSA) is 53.5 Å². The highest BCUT2D eigenvalue weighted by Gasteiger charge is 2.31. The summed E-state index contributed by atoms with van der Waals surface area (Å²) in [6.07, 6.45) is 6.27. The zero-order chi connectivity index (χ0) is 23.0. The van der Waals surface area contributed by atoms with Crippen LogP contribution in [0.3, 0.4) is 0 Å². The molecule has 2 aromatic carbocycles. The van der Waals surface area contributed by atoms with Crippen molar-refractivity contribution in [2.45, 2.75) is 12.8 Å². The molecule has 1 aliphatic heterocycles. The van der Waals surface area contributed by atoms with Crippen molar-refractivity contribution in [2.75, 3.05) is 26.2 Å². The average molecular weight is 440 g/mol. The Labute approximate surface area is 195 Å². The summed E-state index contributed by atoms with van der Waals surface area (Å²) in [6, 6.07) is 21.9. The maximum absolute atomic E-state index is 13.4. The second-order valence-corrected chi connectivity index (χ2v) is 8.42. The molecule has 1 fully saturated rings. The van der Waals surface area contributed by atoms with E-state index in [-0.39, 0.29) is 17.7 Å². The number of carbonyl (C=O) groups is 2. The van der Waals surface area contributed by atoms with Gasteiger partial charge in [-0.3, -0.25) is 14.6 Å². The SMILES string of the molecule is C=CCN1CCN(C(=O)Cc2ccccc2)C[C@H](Cc2cccc(-c3cccnc3)c2)C1=O. The number of pyridine rings is 1. The number of amides is 2. The van der Waals surface area contributed by atoms with Gasteiger partial charge >= 0.3 is 0 Å². The summed E-state index contributed by atoms with van der Waals surface area (Å²) < 4.78 is 0. The number of hydrogen-bond donors (Lipinski definition) is 0. The summed E-state index contributed by atoms with van der Waals surface area (Å²) >= 11 is 0. The van der Waals surface area contributed by atoms with Crippen molar-refractivity contribution in [2.24, 2.45) is 5.92 Å². The number of aromatic nitrogens is 1. The Morgan fingerprint density at radius 1 is 1.00 bits per heavy atom. The van der Waals surface area contributed by atoms with Crippen molar-refractivity contribution in [3.63, 3.8) is 0 Å². The van der Waals surface area contributed by atoms with E-state index in [0.717, 1.165) is 22.3 Å². The molecular formula is C28H29N3O2. The third kappa shape index (κ3) is 5.75. The van der Waals surface area contributed by atoms with E-state index in [9.17, 15) is 9.59 Å². The van der Waals surface area contributed by atoms with Crippen LogP contribution in [0.1, 0.15) is 11.1 Å². The molecule has 3 aromatic rings. The van der Waals surface area contributed by atoms with Crippen LogP contribution in [0.25, 0.3) is 11.1 Å². The Bertz CT molecular complexity index is 1100. The van der Waals surface area contributed by atoms with E-state index in [4.69, 9.17) is 0 Å². The Morgan fingerprint density at radius 2 is 1.79 bits per heavy atom. The van der Waals surface area contributed by atoms with Crippen LogP contribution in [-0.2, 0) is 22.4 Å². The zero-order valence-corrected chi connectivity index (χ0v) is 18.8. The number of hydrogen-bond acceptors (Lipinski definition) is 3. The molecule has 0 unspecified atom stereocenters. The number of benzene rings is 2. The second-order valence-electron chi connectivity index (χ2n) is 8.42. The number of carbonyl (C=O) groups excluding carboxylic acids is 2. The lowest BCUT2D eigenvalue weighted by atomic mass is 9.95. The molecule has 2 heterocycles. The van der Waals surface area contributed by atoms with Crippen LogP contribution in [0.4, 0.5) is 0 Å². The lowest BCUT2D eigenvalue weighted by molar-refractivity contribution is -0.134. The fourth-order valence-electron chi connectivity index (χ4n) is 4.34. The monoisotopic (exact) mass is 439 g/mol. The molecule has 1 saturated heterocycles. The molecule has 1 aliphatic rings. The summed E-state index contributed by atoms with van der Waals surface area (Å²) in [5.41, 5.74) is 4.17. The van der Waals surface area contributed by atoms with Crippen molar-refractivity contribution in [1.82, 2.24) is 14.8 Å². The van der Waals surface area contributed by atoms with Crippen molar-refractivity contribution in [3.05, 3.63) is 103 Å². The van der Waals surface area contributed by atoms with Crippen LogP contribution in [0.2, 0.25) is 0 Å². The predicted octanol–water partition coefficient (Wildman–Crippen LogP) is 4.01. The van der Waals surface area contributed by atoms with Crippen molar-refractivity contribution in [1.29, 1.82) is 0 Å². The molecule has 0 bridgehead atoms. The first-order valence-corrected chi connectivity index (χ1v) is 11.3. The third-order valence-electron chi connectivity index (χ3n) is 6.05. The first-order valence-electron chi connectivity index (χ1n) is 11.3. The normalized spacial score (nSPS) is 16.4. The Balaban J connectivity index is 1.54. The maximum Gasteiger partial charge on any atom is 0.228 e. The third-order valence-corrected chi connectivity index (χ3v) is 6.05. The largest absolute Gasteiger partial charge is 0.340 e. The zero-order valence-electron chi connectivity index (χ0n) is 18.8. The first-order chi connectivity index (χ1) is 16.1. The predicted molar refractivity (Wildman–Crippen MR) is 130 cm³/mol. The molecular weight excluding hydrogens is 410 g/mol. The maximum atomic E-state index is 13.4. The van der Waals surface area contributed by atoms with Gasteiger partial charge in [-0.2, -0.15) is 0 Å². The second kappa shape index (κ2) is 10.7. The van der Waals surface area contributed by atoms with Crippen LogP contribution in [0.5, 0.6) is 0 Å². The molecule has 0 aliphatic carbocycles. The van der Waals surface area contributed by atoms with Crippen LogP contribution in [0.15, 0.2) is 91.8 Å². The molecule has 33 heavy (non-hydrogen) atoms. The molecule has 0 saturated carbocycles. The molecule has 168 valence electrons. The van der Waals surface area contributed by atoms with Gasteiger partial charge in [-0.15, -0.1) is 6.58 Å². The molecule has 1 atom stereocenters. The summed E-state index contributed by atoms with van der Waals surface area (Å²) in [6.45, 7) is 5.79. The van der Waals surface area contributed by atoms with Crippen molar-refractivity contribution >= 4 is 11.8 Å². The molecule has 0 radical (unpaired) electrons. The molecule has 0 spiro atoms. The molecule has 5 nitrogen and oxygen atoms in total. The van der Waals surface area contributed by atoms with Crippen LogP contribution in [-0.4, -0.2) is 52.8 Å². The molecule has 2 amide bonds. The highest BCUT2D eigenvalue weighted by Crippen LogP contribution is 2.23. The van der Waals surface area contributed by atoms with E-state index >= 15 is 0 Å². The average Bonchev–Trinajstić information content (AvgIpc) is 3.00. The van der Waals surface area contributed by atoms with Crippen molar-refractivity contribution < 1.29 is 9.59 Å². The standard InChI is InChI=1S/C28H29N3O2/c1-2-14-30-15-16-31(27(32)19-22-8-4-3-5-9-22)21-26(28(30)33)18-23-10-6-11-24(17-23)25-12-7-13-29-20-25/h2-13,17,20,26H,1,14-16,18-19,21H2/t26-/m0/s1. The minimum Gasteiger partial charge on any atom is -0.340 e. The molecule has 1 aromatic heterocycles. The number of nitrogens with zero attached hydrogens (tertiary/aromatic N) is 3. The summed E-state index contributed by atoms with van der Waals surface area (Å²) in [4.78, 5) is 34.3. The van der Waals surface area contributed by atoms with Gasteiger partial charge in [0.2, 0.25) is 11.8 Å². The highest BCUT2D eigenvalue weighted by atomic mass is 16.2. The number of rotatable bonds is 7. The summed E-state index contributed by atoms with van der Waals surface area (Å²) in [5.74, 6) is -0.156. The van der Waals surface area contributed by atoms with Crippen LogP contribution >= 0.6 is 0 Å². The minimum atomic E-state index is -0.295. The summed E-state index contributed by atoms with van der Waals surface area (Å²) in [5, 5.41) is 0. The Kier molecular flexibility index (Phi) is 7.30. The first kappa shape index (κ1) is 22.5. The van der Waals surface area contributed by atoms with Gasteiger partial charge in [0.1, 0.15) is 0 Å². The van der Waals surface area contributed by atoms with Gasteiger partial charge in [0.15, 0.2) is 0 Å². The van der Waals surface area contributed by atoms with E-state index in [1.807, 2.05) is 70.6 Å². The van der Waals surface area contributed by atoms with Gasteiger partial charge in [-0.25, -0.2) is 0 Å². The molecule has 4 rings (SSSR count). The van der Waals surface area contributed by atoms with Gasteiger partial charge in [0, 0.05) is 38.6 Å². The van der Waals surface area contributed by atoms with E-state index < -0.39 is 0 Å². The Morgan fingerprint density at radius 3 is 2.55 bits per heavy atom. The fourth-order valence-corrected chi connectivity index (χ4v) is 4.34. The van der Waals surface area contributed by atoms with Gasteiger partial charge in [-0.1, -0.05) is 66.7 Å². The molecule has 5 heteroatoms. The van der Waals surface area contributed by atoms with E-state index in [1.54, 1.807) is 12.3 Å². The van der Waals surface area contributed by atoms with Crippen LogP contribution < -0.4 is 0 Å². The van der Waals surface area contributed by atoms with E-state index in [0.29, 0.717) is 39.0 Å². The van der Waals surface area contributed by atoms with Gasteiger partial charge in [0.25, 0.3) is 0 Å². The fraction of sp³-hybridized carbons (Fsp3) is 0.250. The minimum absolute atomic E-state index is 0.0589. The van der Waals surface area contributed by atoms with Gasteiger partial charge < -0.3 is 9.80 Å². The highest BCUT2D eigenvalue weighted by molar-refractivity contribution is 5.83. The van der Waals surface area contributed by atoms with E-state index in [1.165, 1.54) is 0 Å². The lowest BCUT2D eigenvalue weighted by Gasteiger charge is -2.24. The smallest absolute Gasteiger partial charge is 0.228 e.